The maximum atomic E-state index is 11.4. The molecule has 1 atom stereocenters. The lowest BCUT2D eigenvalue weighted by Gasteiger charge is -2.06. The average Bonchev–Trinajstić information content (AvgIpc) is 2.79. The molecule has 0 bridgehead atoms. The third-order valence-electron chi connectivity index (χ3n) is 2.93. The summed E-state index contributed by atoms with van der Waals surface area (Å²) in [6.45, 7) is 1.97. The summed E-state index contributed by atoms with van der Waals surface area (Å²) in [7, 11) is 0. The van der Waals surface area contributed by atoms with Gasteiger partial charge in [-0.1, -0.05) is 5.11 Å². The molecule has 0 fully saturated rings. The number of nitrogens with zero attached hydrogens (tertiary/aromatic N) is 3. The molecule has 1 aliphatic heterocycles. The van der Waals surface area contributed by atoms with E-state index in [9.17, 15) is 4.79 Å². The van der Waals surface area contributed by atoms with Crippen molar-refractivity contribution in [3.63, 3.8) is 0 Å². The second-order valence-corrected chi connectivity index (χ2v) is 4.21. The van der Waals surface area contributed by atoms with Gasteiger partial charge in [0.1, 0.15) is 6.54 Å². The summed E-state index contributed by atoms with van der Waals surface area (Å²) in [4.78, 5) is 16.8. The molecule has 1 aliphatic rings. The van der Waals surface area contributed by atoms with Crippen LogP contribution >= 0.6 is 0 Å². The number of aromatic amines is 1. The van der Waals surface area contributed by atoms with E-state index < -0.39 is 6.29 Å². The van der Waals surface area contributed by atoms with Crippen molar-refractivity contribution in [3.05, 3.63) is 44.6 Å². The van der Waals surface area contributed by atoms with Crippen molar-refractivity contribution in [1.82, 2.24) is 4.98 Å². The van der Waals surface area contributed by atoms with Crippen LogP contribution in [-0.4, -0.2) is 17.8 Å². The van der Waals surface area contributed by atoms with Gasteiger partial charge in [-0.2, -0.15) is 0 Å². The molecule has 2 aromatic rings. The Morgan fingerprint density at radius 2 is 2.32 bits per heavy atom. The first-order chi connectivity index (χ1) is 9.19. The molecule has 7 nitrogen and oxygen atoms in total. The van der Waals surface area contributed by atoms with Crippen LogP contribution in [0, 0.1) is 6.92 Å². The number of aryl methyl sites for hydroxylation is 1. The molecular weight excluding hydrogens is 248 g/mol. The summed E-state index contributed by atoms with van der Waals surface area (Å²) < 4.78 is 11.2. The van der Waals surface area contributed by atoms with Crippen LogP contribution in [0.15, 0.2) is 28.1 Å². The molecule has 1 N–H and O–H groups in total. The summed E-state index contributed by atoms with van der Waals surface area (Å²) in [5.74, 6) is 1.16. The number of benzene rings is 1. The van der Waals surface area contributed by atoms with E-state index in [0.717, 1.165) is 16.5 Å². The van der Waals surface area contributed by atoms with Gasteiger partial charge >= 0.3 is 0 Å². The molecule has 7 heteroatoms. The van der Waals surface area contributed by atoms with Crippen LogP contribution in [0.4, 0.5) is 0 Å². The van der Waals surface area contributed by atoms with Crippen molar-refractivity contribution < 1.29 is 9.47 Å². The third kappa shape index (κ3) is 1.86. The Hall–Kier alpha value is -2.66. The Morgan fingerprint density at radius 3 is 3.11 bits per heavy atom. The Bertz CT molecular complexity index is 761. The number of hydrogen-bond acceptors (Lipinski definition) is 4. The molecule has 19 heavy (non-hydrogen) atoms. The highest BCUT2D eigenvalue weighted by molar-refractivity contribution is 5.90. The molecule has 1 aromatic carbocycles. The fourth-order valence-corrected chi connectivity index (χ4v) is 2.13. The minimum absolute atomic E-state index is 0.0923. The van der Waals surface area contributed by atoms with E-state index in [1.165, 1.54) is 6.07 Å². The van der Waals surface area contributed by atoms with E-state index in [4.69, 9.17) is 15.0 Å². The van der Waals surface area contributed by atoms with Gasteiger partial charge < -0.3 is 14.5 Å². The lowest BCUT2D eigenvalue weighted by molar-refractivity contribution is 0.0588. The summed E-state index contributed by atoms with van der Waals surface area (Å²) in [5.41, 5.74) is 9.74. The fourth-order valence-electron chi connectivity index (χ4n) is 2.13. The highest BCUT2D eigenvalue weighted by Gasteiger charge is 2.26. The number of ether oxygens (including phenoxy) is 2. The lowest BCUT2D eigenvalue weighted by Crippen LogP contribution is -2.21. The van der Waals surface area contributed by atoms with Gasteiger partial charge in [0.2, 0.25) is 11.8 Å². The number of H-pyrrole nitrogens is 1. The SMILES string of the molecule is Cc1cc2c(c3ccc(=O)[nH]c13)OC(CN=[N+]=[N-])O2. The highest BCUT2D eigenvalue weighted by atomic mass is 16.7. The highest BCUT2D eigenvalue weighted by Crippen LogP contribution is 2.41. The topological polar surface area (TPSA) is 100 Å². The van der Waals surface area contributed by atoms with Gasteiger partial charge in [-0.05, 0) is 30.2 Å². The largest absolute Gasteiger partial charge is 0.451 e. The van der Waals surface area contributed by atoms with Crippen molar-refractivity contribution >= 4 is 10.9 Å². The van der Waals surface area contributed by atoms with Crippen molar-refractivity contribution in [2.45, 2.75) is 13.2 Å². The van der Waals surface area contributed by atoms with Crippen molar-refractivity contribution in [2.24, 2.45) is 5.11 Å². The zero-order valence-electron chi connectivity index (χ0n) is 10.1. The van der Waals surface area contributed by atoms with Crippen LogP contribution < -0.4 is 15.0 Å². The van der Waals surface area contributed by atoms with Gasteiger partial charge in [0, 0.05) is 16.4 Å². The van der Waals surface area contributed by atoms with Crippen LogP contribution in [0.1, 0.15) is 5.56 Å². The maximum absolute atomic E-state index is 11.4. The zero-order valence-corrected chi connectivity index (χ0v) is 10.1. The van der Waals surface area contributed by atoms with Crippen molar-refractivity contribution in [1.29, 1.82) is 0 Å². The Balaban J connectivity index is 2.12. The van der Waals surface area contributed by atoms with Crippen LogP contribution in [0.25, 0.3) is 21.3 Å². The Morgan fingerprint density at radius 1 is 1.47 bits per heavy atom. The number of fused-ring (bicyclic) bond motifs is 3. The number of pyridine rings is 1. The first kappa shape index (κ1) is 11.4. The predicted molar refractivity (Wildman–Crippen MR) is 68.4 cm³/mol. The van der Waals surface area contributed by atoms with Gasteiger partial charge in [-0.3, -0.25) is 4.79 Å². The monoisotopic (exact) mass is 258 g/mol. The second kappa shape index (κ2) is 4.22. The predicted octanol–water partition coefficient (Wildman–Crippen LogP) is 2.24. The fraction of sp³-hybridized carbons (Fsp3) is 0.250. The summed E-state index contributed by atoms with van der Waals surface area (Å²) in [5, 5.41) is 4.20. The molecule has 0 spiro atoms. The summed E-state index contributed by atoms with van der Waals surface area (Å²) in [6, 6.07) is 4.93. The van der Waals surface area contributed by atoms with E-state index in [0.29, 0.717) is 11.5 Å². The quantitative estimate of drug-likeness (QED) is 0.507. The lowest BCUT2D eigenvalue weighted by atomic mass is 10.1. The molecule has 0 aliphatic carbocycles. The normalized spacial score (nSPS) is 16.4. The molecule has 0 saturated carbocycles. The van der Waals surface area contributed by atoms with Crippen LogP contribution in [0.3, 0.4) is 0 Å². The van der Waals surface area contributed by atoms with E-state index in [1.807, 2.05) is 6.92 Å². The smallest absolute Gasteiger partial charge is 0.248 e. The van der Waals surface area contributed by atoms with E-state index in [1.54, 1.807) is 12.1 Å². The number of hydrogen-bond donors (Lipinski definition) is 1. The minimum atomic E-state index is -0.622. The first-order valence-corrected chi connectivity index (χ1v) is 5.70. The Labute approximate surface area is 107 Å². The van der Waals surface area contributed by atoms with Crippen molar-refractivity contribution in [3.8, 4) is 11.5 Å². The number of nitrogens with one attached hydrogen (secondary N) is 1. The number of rotatable bonds is 2. The van der Waals surface area contributed by atoms with Gasteiger partial charge in [0.05, 0.1) is 5.52 Å². The molecule has 0 saturated heterocycles. The standard InChI is InChI=1S/C12H10N4O3/c1-6-4-8-12(19-10(18-8)5-14-16-13)7-2-3-9(17)15-11(6)7/h2-4,10H,5H2,1H3,(H,15,17). The zero-order chi connectivity index (χ0) is 13.4. The molecule has 96 valence electrons. The summed E-state index contributed by atoms with van der Waals surface area (Å²) in [6.07, 6.45) is -0.622. The molecule has 0 radical (unpaired) electrons. The van der Waals surface area contributed by atoms with Gasteiger partial charge in [-0.15, -0.1) is 0 Å². The molecule has 1 aromatic heterocycles. The summed E-state index contributed by atoms with van der Waals surface area (Å²) >= 11 is 0. The first-order valence-electron chi connectivity index (χ1n) is 5.70. The minimum Gasteiger partial charge on any atom is -0.451 e. The van der Waals surface area contributed by atoms with E-state index in [2.05, 4.69) is 15.0 Å². The van der Waals surface area contributed by atoms with E-state index in [-0.39, 0.29) is 12.1 Å². The van der Waals surface area contributed by atoms with Crippen LogP contribution in [0.5, 0.6) is 11.5 Å². The second-order valence-electron chi connectivity index (χ2n) is 4.21. The molecule has 1 unspecified atom stereocenters. The van der Waals surface area contributed by atoms with Crippen LogP contribution in [-0.2, 0) is 0 Å². The van der Waals surface area contributed by atoms with E-state index >= 15 is 0 Å². The Kier molecular flexibility index (Phi) is 2.54. The molecule has 2 heterocycles. The van der Waals surface area contributed by atoms with Gasteiger partial charge in [0.15, 0.2) is 11.5 Å². The van der Waals surface area contributed by atoms with Crippen LogP contribution in [0.2, 0.25) is 0 Å². The van der Waals surface area contributed by atoms with Gasteiger partial charge in [-0.25, -0.2) is 0 Å². The maximum Gasteiger partial charge on any atom is 0.248 e. The molecule has 0 amide bonds. The number of azide groups is 1. The van der Waals surface area contributed by atoms with Crippen molar-refractivity contribution in [2.75, 3.05) is 6.54 Å². The molecular formula is C12H10N4O3. The average molecular weight is 258 g/mol. The number of aromatic nitrogens is 1. The molecule has 3 rings (SSSR count). The third-order valence-corrected chi connectivity index (χ3v) is 2.93. The van der Waals surface area contributed by atoms with Gasteiger partial charge in [0.25, 0.3) is 0 Å².